The molecule has 1 saturated heterocycles. The Bertz CT molecular complexity index is 924. The van der Waals surface area contributed by atoms with Gasteiger partial charge in [-0.1, -0.05) is 30.7 Å². The summed E-state index contributed by atoms with van der Waals surface area (Å²) in [5.41, 5.74) is 2.21. The molecule has 0 aliphatic carbocycles. The van der Waals surface area contributed by atoms with Gasteiger partial charge in [-0.25, -0.2) is 9.48 Å². The zero-order valence-electron chi connectivity index (χ0n) is 17.2. The molecule has 1 aromatic heterocycles. The fraction of sp³-hybridized carbons (Fsp3) is 0.591. The number of benzene rings is 1. The minimum atomic E-state index is -0.170. The molecule has 1 N–H and O–H groups in total. The van der Waals surface area contributed by atoms with Crippen LogP contribution in [-0.4, -0.2) is 40.0 Å². The second-order valence-electron chi connectivity index (χ2n) is 8.30. The Balaban J connectivity index is 1.47. The summed E-state index contributed by atoms with van der Waals surface area (Å²) >= 11 is 0. The molecule has 0 bridgehead atoms. The van der Waals surface area contributed by atoms with Gasteiger partial charge < -0.3 is 10.1 Å². The third kappa shape index (κ3) is 4.15. The summed E-state index contributed by atoms with van der Waals surface area (Å²) in [5, 5.41) is 7.50. The molecule has 1 aromatic carbocycles. The number of rotatable bonds is 5. The molecule has 2 aliphatic rings. The number of ether oxygens (including phenoxy) is 1. The number of nitrogens with one attached hydrogen (secondary N) is 1. The van der Waals surface area contributed by atoms with E-state index in [9.17, 15) is 9.59 Å². The summed E-state index contributed by atoms with van der Waals surface area (Å²) in [6, 6.07) is 8.37. The minimum Gasteiger partial charge on any atom is -0.381 e. The lowest BCUT2D eigenvalue weighted by molar-refractivity contribution is -0.122. The van der Waals surface area contributed by atoms with E-state index in [-0.39, 0.29) is 23.6 Å². The van der Waals surface area contributed by atoms with Crippen molar-refractivity contribution >= 4 is 5.91 Å². The zero-order valence-corrected chi connectivity index (χ0v) is 17.2. The lowest BCUT2D eigenvalue weighted by Crippen LogP contribution is -2.46. The Morgan fingerprint density at radius 3 is 2.79 bits per heavy atom. The van der Waals surface area contributed by atoms with Crippen LogP contribution < -0.4 is 11.0 Å². The lowest BCUT2D eigenvalue weighted by atomic mass is 9.72. The first kappa shape index (κ1) is 19.9. The molecule has 7 heteroatoms. The van der Waals surface area contributed by atoms with Crippen molar-refractivity contribution in [1.82, 2.24) is 19.7 Å². The van der Waals surface area contributed by atoms with Crippen molar-refractivity contribution < 1.29 is 9.53 Å². The van der Waals surface area contributed by atoms with Gasteiger partial charge in [0, 0.05) is 38.1 Å². The van der Waals surface area contributed by atoms with E-state index in [0.29, 0.717) is 26.3 Å². The number of hydrogen-bond acceptors (Lipinski definition) is 4. The highest BCUT2D eigenvalue weighted by atomic mass is 16.5. The summed E-state index contributed by atoms with van der Waals surface area (Å²) in [6.07, 6.45) is 5.71. The molecule has 1 amide bonds. The van der Waals surface area contributed by atoms with E-state index in [1.165, 1.54) is 15.8 Å². The minimum absolute atomic E-state index is 0.0286. The Morgan fingerprint density at radius 1 is 1.21 bits per heavy atom. The summed E-state index contributed by atoms with van der Waals surface area (Å²) in [7, 11) is 0. The van der Waals surface area contributed by atoms with Crippen molar-refractivity contribution in [1.29, 1.82) is 0 Å². The van der Waals surface area contributed by atoms with Crippen molar-refractivity contribution in [2.24, 2.45) is 0 Å². The molecule has 1 fully saturated rings. The van der Waals surface area contributed by atoms with E-state index < -0.39 is 0 Å². The molecule has 4 rings (SSSR count). The van der Waals surface area contributed by atoms with Crippen LogP contribution in [0.1, 0.15) is 49.1 Å². The van der Waals surface area contributed by atoms with E-state index >= 15 is 0 Å². The van der Waals surface area contributed by atoms with Crippen LogP contribution in [0.4, 0.5) is 0 Å². The zero-order chi connectivity index (χ0) is 20.3. The molecular weight excluding hydrogens is 368 g/mol. The number of aromatic nitrogens is 3. The number of aryl methyl sites for hydroxylation is 2. The second kappa shape index (κ2) is 8.53. The summed E-state index contributed by atoms with van der Waals surface area (Å²) in [5.74, 6) is 0.640. The third-order valence-electron chi connectivity index (χ3n) is 6.37. The van der Waals surface area contributed by atoms with Crippen molar-refractivity contribution in [3.63, 3.8) is 0 Å². The van der Waals surface area contributed by atoms with Crippen LogP contribution in [-0.2, 0) is 34.5 Å². The van der Waals surface area contributed by atoms with E-state index in [0.717, 1.165) is 44.3 Å². The molecular formula is C22H30N4O3. The molecule has 2 aliphatic heterocycles. The van der Waals surface area contributed by atoms with E-state index in [1.54, 1.807) is 4.57 Å². The van der Waals surface area contributed by atoms with E-state index in [1.807, 2.05) is 6.07 Å². The first-order chi connectivity index (χ1) is 14.1. The fourth-order valence-electron chi connectivity index (χ4n) is 4.66. The third-order valence-corrected chi connectivity index (χ3v) is 6.37. The van der Waals surface area contributed by atoms with Gasteiger partial charge in [0.1, 0.15) is 12.4 Å². The highest BCUT2D eigenvalue weighted by Gasteiger charge is 2.35. The van der Waals surface area contributed by atoms with Gasteiger partial charge in [0.15, 0.2) is 0 Å². The van der Waals surface area contributed by atoms with E-state index in [2.05, 4.69) is 35.5 Å². The Morgan fingerprint density at radius 2 is 2.00 bits per heavy atom. The van der Waals surface area contributed by atoms with Crippen molar-refractivity contribution in [3.8, 4) is 0 Å². The molecule has 156 valence electrons. The molecule has 0 spiro atoms. The van der Waals surface area contributed by atoms with Crippen LogP contribution in [0.25, 0.3) is 0 Å². The van der Waals surface area contributed by atoms with Crippen LogP contribution >= 0.6 is 0 Å². The number of hydrogen-bond donors (Lipinski definition) is 1. The topological polar surface area (TPSA) is 78.2 Å². The molecule has 0 saturated carbocycles. The lowest BCUT2D eigenvalue weighted by Gasteiger charge is -2.39. The van der Waals surface area contributed by atoms with Gasteiger partial charge in [-0.2, -0.15) is 5.10 Å². The van der Waals surface area contributed by atoms with Gasteiger partial charge in [0.05, 0.1) is 0 Å². The molecule has 3 heterocycles. The SMILES string of the molecule is Cc1ccccc1C1(CNC(=O)Cn2nc3n(c2=O)CCCCC3)CCOCC1. The van der Waals surface area contributed by atoms with Crippen molar-refractivity contribution in [3.05, 3.63) is 51.7 Å². The van der Waals surface area contributed by atoms with Gasteiger partial charge in [-0.3, -0.25) is 9.36 Å². The number of fused-ring (bicyclic) bond motifs is 1. The molecule has 29 heavy (non-hydrogen) atoms. The molecule has 0 unspecified atom stereocenters. The highest BCUT2D eigenvalue weighted by molar-refractivity contribution is 5.75. The molecule has 7 nitrogen and oxygen atoms in total. The fourth-order valence-corrected chi connectivity index (χ4v) is 4.66. The smallest absolute Gasteiger partial charge is 0.346 e. The van der Waals surface area contributed by atoms with Crippen LogP contribution in [0.15, 0.2) is 29.1 Å². The Hall–Kier alpha value is -2.41. The normalized spacial score (nSPS) is 18.7. The van der Waals surface area contributed by atoms with Crippen LogP contribution in [0, 0.1) is 6.92 Å². The van der Waals surface area contributed by atoms with Crippen LogP contribution in [0.2, 0.25) is 0 Å². The van der Waals surface area contributed by atoms with Crippen molar-refractivity contribution in [2.75, 3.05) is 19.8 Å². The number of nitrogens with zero attached hydrogens (tertiary/aromatic N) is 3. The van der Waals surface area contributed by atoms with Crippen molar-refractivity contribution in [2.45, 2.75) is 64.0 Å². The van der Waals surface area contributed by atoms with Gasteiger partial charge in [0.2, 0.25) is 5.91 Å². The number of carbonyl (C=O) groups is 1. The van der Waals surface area contributed by atoms with Gasteiger partial charge >= 0.3 is 5.69 Å². The summed E-state index contributed by atoms with van der Waals surface area (Å²) in [6.45, 7) is 4.72. The highest BCUT2D eigenvalue weighted by Crippen LogP contribution is 2.36. The number of carbonyl (C=O) groups excluding carboxylic acids is 1. The largest absolute Gasteiger partial charge is 0.381 e. The predicted molar refractivity (Wildman–Crippen MR) is 110 cm³/mol. The molecule has 2 aromatic rings. The van der Waals surface area contributed by atoms with Gasteiger partial charge in [-0.05, 0) is 43.7 Å². The van der Waals surface area contributed by atoms with Crippen LogP contribution in [0.3, 0.4) is 0 Å². The Kier molecular flexibility index (Phi) is 5.85. The van der Waals surface area contributed by atoms with Gasteiger partial charge in [-0.15, -0.1) is 0 Å². The molecule has 0 radical (unpaired) electrons. The maximum Gasteiger partial charge on any atom is 0.346 e. The maximum absolute atomic E-state index is 12.7. The monoisotopic (exact) mass is 398 g/mol. The average Bonchev–Trinajstić information content (AvgIpc) is 2.89. The van der Waals surface area contributed by atoms with E-state index in [4.69, 9.17) is 4.74 Å². The summed E-state index contributed by atoms with van der Waals surface area (Å²) in [4.78, 5) is 25.3. The quantitative estimate of drug-likeness (QED) is 0.835. The average molecular weight is 399 g/mol. The van der Waals surface area contributed by atoms with Crippen LogP contribution in [0.5, 0.6) is 0 Å². The predicted octanol–water partition coefficient (Wildman–Crippen LogP) is 1.94. The first-order valence-corrected chi connectivity index (χ1v) is 10.7. The number of amides is 1. The second-order valence-corrected chi connectivity index (χ2v) is 8.30. The van der Waals surface area contributed by atoms with Gasteiger partial charge in [0.25, 0.3) is 0 Å². The first-order valence-electron chi connectivity index (χ1n) is 10.7. The maximum atomic E-state index is 12.7. The standard InChI is InChI=1S/C22H30N4O3/c1-17-7-4-5-8-18(17)22(10-13-29-14-11-22)16-23-20(27)15-26-21(28)25-12-6-2-3-9-19(25)24-26/h4-5,7-8H,2-3,6,9-16H2,1H3,(H,23,27). The summed E-state index contributed by atoms with van der Waals surface area (Å²) < 4.78 is 8.64. The molecule has 0 atom stereocenters. The Labute approximate surface area is 171 Å².